The lowest BCUT2D eigenvalue weighted by Gasteiger charge is -2.36. The number of hydrogen-bond donors (Lipinski definition) is 0. The van der Waals surface area contributed by atoms with Crippen LogP contribution in [0.5, 0.6) is 0 Å². The highest BCUT2D eigenvalue weighted by Gasteiger charge is 2.41. The molecule has 0 N–H and O–H groups in total. The van der Waals surface area contributed by atoms with Crippen molar-refractivity contribution in [3.63, 3.8) is 0 Å². The molecule has 0 fully saturated rings. The van der Waals surface area contributed by atoms with Crippen molar-refractivity contribution in [1.29, 1.82) is 0 Å². The monoisotopic (exact) mass is 350 g/mol. The van der Waals surface area contributed by atoms with Crippen LogP contribution in [0.4, 0.5) is 0 Å². The third-order valence-corrected chi connectivity index (χ3v) is 4.86. The molecule has 138 valence electrons. The first-order valence-corrected chi connectivity index (χ1v) is 9.67. The van der Waals surface area contributed by atoms with Gasteiger partial charge in [-0.1, -0.05) is 79.7 Å². The lowest BCUT2D eigenvalue weighted by molar-refractivity contribution is -0.0862. The van der Waals surface area contributed by atoms with E-state index < -0.39 is 5.72 Å². The average Bonchev–Trinajstić information content (AvgIpc) is 2.92. The number of rotatable bonds is 8. The summed E-state index contributed by atoms with van der Waals surface area (Å²) in [5.41, 5.74) is 2.27. The highest BCUT2D eigenvalue weighted by Crippen LogP contribution is 2.31. The first-order chi connectivity index (χ1) is 12.6. The fourth-order valence-electron chi connectivity index (χ4n) is 3.56. The minimum Gasteiger partial charge on any atom is -0.365 e. The van der Waals surface area contributed by atoms with E-state index in [-0.39, 0.29) is 0 Å². The summed E-state index contributed by atoms with van der Waals surface area (Å²) < 4.78 is 0. The molecule has 26 heavy (non-hydrogen) atoms. The lowest BCUT2D eigenvalue weighted by atomic mass is 10.00. The summed E-state index contributed by atoms with van der Waals surface area (Å²) in [6.45, 7) is 7.63. The van der Waals surface area contributed by atoms with E-state index in [9.17, 15) is 0 Å². The maximum Gasteiger partial charge on any atom is 0.212 e. The van der Waals surface area contributed by atoms with Crippen molar-refractivity contribution in [1.82, 2.24) is 4.90 Å². The number of hydrogen-bond acceptors (Lipinski definition) is 3. The highest BCUT2D eigenvalue weighted by molar-refractivity contribution is 5.83. The largest absolute Gasteiger partial charge is 0.365 e. The normalized spacial score (nSPS) is 19.5. The first-order valence-electron chi connectivity index (χ1n) is 9.67. The summed E-state index contributed by atoms with van der Waals surface area (Å²) in [6, 6.07) is 21.2. The van der Waals surface area contributed by atoms with E-state index in [1.165, 1.54) is 11.1 Å². The Balaban J connectivity index is 1.65. The van der Waals surface area contributed by atoms with E-state index >= 15 is 0 Å². The minimum absolute atomic E-state index is 0.395. The Morgan fingerprint density at radius 3 is 2.15 bits per heavy atom. The molecule has 0 bridgehead atoms. The van der Waals surface area contributed by atoms with Crippen molar-refractivity contribution in [2.45, 2.75) is 52.2 Å². The van der Waals surface area contributed by atoms with Crippen LogP contribution in [0.3, 0.4) is 0 Å². The van der Waals surface area contributed by atoms with Gasteiger partial charge in [0.05, 0.1) is 0 Å². The number of amidine groups is 1. The van der Waals surface area contributed by atoms with Crippen LogP contribution in [0.2, 0.25) is 0 Å². The molecule has 0 aromatic heterocycles. The molecule has 1 unspecified atom stereocenters. The average molecular weight is 351 g/mol. The van der Waals surface area contributed by atoms with Crippen LogP contribution in [0.25, 0.3) is 0 Å². The third-order valence-electron chi connectivity index (χ3n) is 4.86. The molecule has 1 aliphatic rings. The van der Waals surface area contributed by atoms with Crippen LogP contribution in [0, 0.1) is 5.92 Å². The van der Waals surface area contributed by atoms with E-state index in [0.717, 1.165) is 38.1 Å². The topological polar surface area (TPSA) is 24.8 Å². The number of benzene rings is 2. The van der Waals surface area contributed by atoms with E-state index in [1.54, 1.807) is 0 Å². The van der Waals surface area contributed by atoms with E-state index in [1.807, 2.05) is 0 Å². The second-order valence-corrected chi connectivity index (χ2v) is 7.78. The van der Waals surface area contributed by atoms with Gasteiger partial charge in [0.1, 0.15) is 5.84 Å². The molecule has 0 aliphatic carbocycles. The van der Waals surface area contributed by atoms with Gasteiger partial charge in [-0.3, -0.25) is 0 Å². The summed E-state index contributed by atoms with van der Waals surface area (Å²) in [5, 5.41) is 4.49. The van der Waals surface area contributed by atoms with Crippen LogP contribution in [0.1, 0.15) is 44.7 Å². The Hall–Kier alpha value is -2.29. The van der Waals surface area contributed by atoms with Crippen molar-refractivity contribution in [3.05, 3.63) is 71.8 Å². The summed E-state index contributed by atoms with van der Waals surface area (Å²) in [6.07, 6.45) is 3.95. The number of aryl methyl sites for hydroxylation is 1. The van der Waals surface area contributed by atoms with Crippen LogP contribution in [0.15, 0.2) is 65.8 Å². The maximum absolute atomic E-state index is 5.99. The Morgan fingerprint density at radius 2 is 1.54 bits per heavy atom. The zero-order valence-electron chi connectivity index (χ0n) is 16.2. The second kappa shape index (κ2) is 8.39. The second-order valence-electron chi connectivity index (χ2n) is 7.78. The van der Waals surface area contributed by atoms with Crippen molar-refractivity contribution < 1.29 is 4.84 Å². The van der Waals surface area contributed by atoms with Crippen LogP contribution in [-0.2, 0) is 17.7 Å². The Morgan fingerprint density at radius 1 is 0.923 bits per heavy atom. The van der Waals surface area contributed by atoms with Gasteiger partial charge in [0, 0.05) is 19.4 Å². The SMILES string of the molecule is CC(C)CN1C(CCCc2ccccc2)=NOC1(C)Cc1ccccc1. The van der Waals surface area contributed by atoms with Gasteiger partial charge >= 0.3 is 0 Å². The van der Waals surface area contributed by atoms with Crippen molar-refractivity contribution >= 4 is 5.84 Å². The molecule has 3 nitrogen and oxygen atoms in total. The smallest absolute Gasteiger partial charge is 0.212 e. The number of nitrogens with zero attached hydrogens (tertiary/aromatic N) is 2. The standard InChI is InChI=1S/C23H30N2O/c1-19(2)18-25-22(16-10-15-20-11-6-4-7-12-20)24-26-23(25,3)17-21-13-8-5-9-14-21/h4-9,11-14,19H,10,15-18H2,1-3H3. The van der Waals surface area contributed by atoms with Gasteiger partial charge in [-0.05, 0) is 36.8 Å². The third kappa shape index (κ3) is 4.66. The molecule has 3 heteroatoms. The van der Waals surface area contributed by atoms with Crippen LogP contribution in [-0.4, -0.2) is 23.0 Å². The summed E-state index contributed by atoms with van der Waals surface area (Å²) in [4.78, 5) is 8.37. The van der Waals surface area contributed by atoms with Crippen LogP contribution >= 0.6 is 0 Å². The maximum atomic E-state index is 5.99. The van der Waals surface area contributed by atoms with Gasteiger partial charge in [-0.25, -0.2) is 0 Å². The van der Waals surface area contributed by atoms with Crippen molar-refractivity contribution in [3.8, 4) is 0 Å². The lowest BCUT2D eigenvalue weighted by Crippen LogP contribution is -2.49. The quantitative estimate of drug-likeness (QED) is 0.648. The number of oxime groups is 1. The first kappa shape index (κ1) is 18.5. The molecular formula is C23H30N2O. The van der Waals surface area contributed by atoms with Gasteiger partial charge < -0.3 is 9.74 Å². The van der Waals surface area contributed by atoms with E-state index in [0.29, 0.717) is 5.92 Å². The molecule has 1 heterocycles. The predicted molar refractivity (Wildman–Crippen MR) is 108 cm³/mol. The molecule has 1 atom stereocenters. The van der Waals surface area contributed by atoms with Crippen molar-refractivity contribution in [2.75, 3.05) is 6.54 Å². The van der Waals surface area contributed by atoms with Gasteiger partial charge in [0.15, 0.2) is 0 Å². The van der Waals surface area contributed by atoms with Crippen molar-refractivity contribution in [2.24, 2.45) is 11.1 Å². The molecule has 3 rings (SSSR count). The fraction of sp³-hybridized carbons (Fsp3) is 0.435. The molecule has 0 amide bonds. The zero-order chi connectivity index (χ0) is 18.4. The van der Waals surface area contributed by atoms with Gasteiger partial charge in [-0.2, -0.15) is 0 Å². The molecule has 0 spiro atoms. The van der Waals surface area contributed by atoms with Gasteiger partial charge in [-0.15, -0.1) is 0 Å². The minimum atomic E-state index is -0.395. The molecule has 2 aromatic carbocycles. The van der Waals surface area contributed by atoms with Gasteiger partial charge in [0.25, 0.3) is 0 Å². The molecule has 0 saturated carbocycles. The molecular weight excluding hydrogens is 320 g/mol. The zero-order valence-corrected chi connectivity index (χ0v) is 16.2. The Kier molecular flexibility index (Phi) is 5.97. The fourth-order valence-corrected chi connectivity index (χ4v) is 3.56. The summed E-state index contributed by atoms with van der Waals surface area (Å²) in [5.74, 6) is 1.65. The Labute approximate surface area is 157 Å². The Bertz CT molecular complexity index is 712. The van der Waals surface area contributed by atoms with E-state index in [2.05, 4.69) is 91.5 Å². The van der Waals surface area contributed by atoms with Crippen LogP contribution < -0.4 is 0 Å². The molecule has 1 aliphatic heterocycles. The van der Waals surface area contributed by atoms with Gasteiger partial charge in [0.2, 0.25) is 5.72 Å². The molecule has 2 aromatic rings. The molecule has 0 saturated heterocycles. The summed E-state index contributed by atoms with van der Waals surface area (Å²) in [7, 11) is 0. The van der Waals surface area contributed by atoms with E-state index in [4.69, 9.17) is 4.84 Å². The molecule has 0 radical (unpaired) electrons. The predicted octanol–water partition coefficient (Wildman–Crippen LogP) is 5.27. The summed E-state index contributed by atoms with van der Waals surface area (Å²) >= 11 is 0. The highest BCUT2D eigenvalue weighted by atomic mass is 16.7.